The first-order valence-electron chi connectivity index (χ1n) is 22.8. The number of methoxy groups -OCH3 is 2. The van der Waals surface area contributed by atoms with Gasteiger partial charge in [-0.2, -0.15) is 0 Å². The molecule has 1 N–H and O–H groups in total. The van der Waals surface area contributed by atoms with E-state index < -0.39 is 32.3 Å². The van der Waals surface area contributed by atoms with Crippen molar-refractivity contribution in [2.75, 3.05) is 27.9 Å². The SMILES string of the molecule is CO.COC(C)(COP(=O)([O-])Oc1ccc([N+](=O)[O-])cc1)OC.Cc1cc(-c2ccc(C(C)C)cc2)nn1[BH-](n1nc(-c2ccc(C(C)C)cc2)cc1C)n1nc(-c2ccc(C(C)C)cc2)cc1C.[Zn+2]. The predicted molar refractivity (Wildman–Crippen MR) is 271 cm³/mol. The molecule has 0 bridgehead atoms. The van der Waals surface area contributed by atoms with Crippen LogP contribution in [0.3, 0.4) is 0 Å². The Morgan fingerprint density at radius 2 is 0.943 bits per heavy atom. The van der Waals surface area contributed by atoms with Crippen LogP contribution in [0.2, 0.25) is 0 Å². The average molecular weight is 1030 g/mol. The molecule has 0 fully saturated rings. The van der Waals surface area contributed by atoms with Gasteiger partial charge in [0.15, 0.2) is 5.79 Å². The van der Waals surface area contributed by atoms with E-state index in [9.17, 15) is 19.6 Å². The summed E-state index contributed by atoms with van der Waals surface area (Å²) in [5.41, 5.74) is 13.2. The Morgan fingerprint density at radius 1 is 0.629 bits per heavy atom. The first-order valence-corrected chi connectivity index (χ1v) is 24.3. The minimum atomic E-state index is -4.66. The van der Waals surface area contributed by atoms with Crippen LogP contribution in [0.15, 0.2) is 115 Å². The molecule has 0 aliphatic carbocycles. The smallest absolute Gasteiger partial charge is 0.746 e. The second kappa shape index (κ2) is 25.0. The van der Waals surface area contributed by atoms with Gasteiger partial charge in [0.1, 0.15) is 12.4 Å². The molecule has 7 rings (SSSR count). The molecule has 3 aromatic heterocycles. The number of aryl methyl sites for hydroxylation is 3. The van der Waals surface area contributed by atoms with Crippen molar-refractivity contribution in [2.45, 2.75) is 92.8 Å². The zero-order chi connectivity index (χ0) is 50.8. The third-order valence-corrected chi connectivity index (χ3v) is 12.9. The van der Waals surface area contributed by atoms with Gasteiger partial charge in [0, 0.05) is 50.2 Å². The van der Waals surface area contributed by atoms with Gasteiger partial charge < -0.3 is 42.3 Å². The van der Waals surface area contributed by atoms with Crippen molar-refractivity contribution < 1.29 is 57.5 Å². The van der Waals surface area contributed by atoms with Gasteiger partial charge in [-0.05, 0) is 110 Å². The molecule has 0 amide bonds. The molecular formula is C51H65BN7O9PZn. The Morgan fingerprint density at radius 3 is 1.21 bits per heavy atom. The summed E-state index contributed by atoms with van der Waals surface area (Å²) in [4.78, 5) is 21.5. The standard InChI is InChI=1S/C39H46BN6.C11H16NO8P.CH4O.Zn/c1-25(2)31-10-16-34(17-11-31)37-22-28(7)44(41-37)40(45-29(8)23-38(42-45)35-18-12-32(13-19-35)26(3)4)46-30(9)24-39(43-46)36-20-14-33(15-21-36)27(5)6;1-11(17-2,18-3)8-19-21(15,16)20-10-6-4-9(5-7-10)12(13)14;1-2;/h10-27,40H,1-9H3;4-7H,8H2,1-3H3,(H,15,16);2H,1H3;/q-1;;;+2/p-1. The first-order chi connectivity index (χ1) is 32.7. The fraction of sp³-hybridized carbons (Fsp3) is 0.353. The number of non-ortho nitro benzene ring substituents is 1. The molecule has 368 valence electrons. The van der Waals surface area contributed by atoms with Crippen LogP contribution in [0.5, 0.6) is 5.75 Å². The maximum Gasteiger partial charge on any atom is 2.00 e. The topological polar surface area (TPSA) is 194 Å². The van der Waals surface area contributed by atoms with Gasteiger partial charge in [0.2, 0.25) is 0 Å². The number of nitro groups is 1. The Bertz CT molecular complexity index is 2580. The Hall–Kier alpha value is -5.57. The van der Waals surface area contributed by atoms with Crippen LogP contribution in [-0.2, 0) is 38.0 Å². The number of phosphoric ester groups is 1. The predicted octanol–water partition coefficient (Wildman–Crippen LogP) is 10.3. The molecule has 0 saturated carbocycles. The fourth-order valence-corrected chi connectivity index (χ4v) is 8.32. The number of nitrogens with zero attached hydrogens (tertiary/aromatic N) is 7. The molecule has 3 heterocycles. The van der Waals surface area contributed by atoms with Gasteiger partial charge in [-0.3, -0.25) is 14.7 Å². The van der Waals surface area contributed by atoms with E-state index in [0.717, 1.165) is 82.2 Å². The third kappa shape index (κ3) is 14.3. The Kier molecular flexibility index (Phi) is 20.4. The minimum Gasteiger partial charge on any atom is -0.746 e. The van der Waals surface area contributed by atoms with Crippen molar-refractivity contribution in [3.8, 4) is 39.5 Å². The van der Waals surface area contributed by atoms with Crippen molar-refractivity contribution in [1.29, 1.82) is 0 Å². The molecule has 4 aromatic carbocycles. The van der Waals surface area contributed by atoms with Crippen LogP contribution in [0.1, 0.15) is 100.0 Å². The van der Waals surface area contributed by atoms with Crippen LogP contribution in [0.4, 0.5) is 5.69 Å². The summed E-state index contributed by atoms with van der Waals surface area (Å²) >= 11 is 0. The van der Waals surface area contributed by atoms with Crippen molar-refractivity contribution in [3.63, 3.8) is 0 Å². The van der Waals surface area contributed by atoms with Crippen molar-refractivity contribution >= 4 is 20.6 Å². The van der Waals surface area contributed by atoms with Gasteiger partial charge in [-0.25, -0.2) is 15.3 Å². The Labute approximate surface area is 424 Å². The molecule has 16 nitrogen and oxygen atoms in total. The van der Waals surface area contributed by atoms with E-state index in [2.05, 4.69) is 176 Å². The van der Waals surface area contributed by atoms with Gasteiger partial charge in [-0.1, -0.05) is 114 Å². The van der Waals surface area contributed by atoms with E-state index in [4.69, 9.17) is 29.9 Å². The zero-order valence-electron chi connectivity index (χ0n) is 42.6. The summed E-state index contributed by atoms with van der Waals surface area (Å²) in [7, 11) is -2.60. The number of aromatic nitrogens is 6. The Balaban J connectivity index is 0.000000375. The second-order valence-electron chi connectivity index (χ2n) is 17.9. The first kappa shape index (κ1) is 57.0. The van der Waals surface area contributed by atoms with E-state index in [-0.39, 0.29) is 30.9 Å². The van der Waals surface area contributed by atoms with Gasteiger partial charge in [0.05, 0.1) is 22.0 Å². The molecule has 0 radical (unpaired) electrons. The summed E-state index contributed by atoms with van der Waals surface area (Å²) in [5.74, 6) is 0.118. The molecule has 1 atom stereocenters. The zero-order valence-corrected chi connectivity index (χ0v) is 46.5. The largest absolute Gasteiger partial charge is 2.00 e. The summed E-state index contributed by atoms with van der Waals surface area (Å²) in [5, 5.41) is 33.2. The van der Waals surface area contributed by atoms with Gasteiger partial charge in [0.25, 0.3) is 5.69 Å². The monoisotopic (exact) mass is 1030 g/mol. The van der Waals surface area contributed by atoms with Crippen LogP contribution >= 0.6 is 7.82 Å². The quantitative estimate of drug-likeness (QED) is 0.0299. The van der Waals surface area contributed by atoms with Crippen molar-refractivity contribution in [1.82, 2.24) is 29.1 Å². The average Bonchev–Trinajstić information content (AvgIpc) is 4.05. The number of rotatable bonds is 17. The number of nitro benzene ring substituents is 1. The minimum absolute atomic E-state index is 0. The second-order valence-corrected chi connectivity index (χ2v) is 19.2. The van der Waals surface area contributed by atoms with E-state index >= 15 is 0 Å². The third-order valence-electron chi connectivity index (χ3n) is 12.0. The number of aliphatic hydroxyl groups excluding tert-OH is 1. The van der Waals surface area contributed by atoms with Crippen LogP contribution in [-0.4, -0.2) is 79.9 Å². The fourth-order valence-electron chi connectivity index (χ4n) is 7.49. The number of benzene rings is 4. The normalized spacial score (nSPS) is 12.3. The van der Waals surface area contributed by atoms with E-state index in [0.29, 0.717) is 17.8 Å². The van der Waals surface area contributed by atoms with E-state index in [1.54, 1.807) is 0 Å². The molecule has 0 aliphatic rings. The van der Waals surface area contributed by atoms with Crippen molar-refractivity contribution in [3.05, 3.63) is 159 Å². The maximum atomic E-state index is 11.6. The summed E-state index contributed by atoms with van der Waals surface area (Å²) in [6.07, 6.45) is 0. The molecule has 1 unspecified atom stereocenters. The number of phosphoric acid groups is 1. The number of aliphatic hydroxyl groups is 1. The molecule has 0 aliphatic heterocycles. The molecule has 7 aromatic rings. The van der Waals surface area contributed by atoms with E-state index in [1.807, 2.05) is 0 Å². The summed E-state index contributed by atoms with van der Waals surface area (Å²) < 4.78 is 37.3. The summed E-state index contributed by atoms with van der Waals surface area (Å²) in [6.45, 7) is 20.8. The molecule has 19 heteroatoms. The molecular weight excluding hydrogens is 962 g/mol. The number of hydrogen-bond donors (Lipinski definition) is 1. The van der Waals surface area contributed by atoms with E-state index in [1.165, 1.54) is 37.8 Å². The number of hydrogen-bond acceptors (Lipinski definition) is 12. The van der Waals surface area contributed by atoms with Crippen LogP contribution in [0.25, 0.3) is 33.8 Å². The van der Waals surface area contributed by atoms with Gasteiger partial charge in [-0.15, -0.1) is 0 Å². The molecule has 0 saturated heterocycles. The number of ether oxygens (including phenoxy) is 2. The molecule has 0 spiro atoms. The van der Waals surface area contributed by atoms with Crippen LogP contribution in [0, 0.1) is 30.9 Å². The maximum absolute atomic E-state index is 11.6. The van der Waals surface area contributed by atoms with Crippen molar-refractivity contribution in [2.24, 2.45) is 0 Å². The summed E-state index contributed by atoms with van der Waals surface area (Å²) in [6, 6.07) is 37.4. The van der Waals surface area contributed by atoms with Gasteiger partial charge >= 0.3 is 34.4 Å². The van der Waals surface area contributed by atoms with Crippen LogP contribution < -0.4 is 9.42 Å². The molecule has 70 heavy (non-hydrogen) atoms.